The van der Waals surface area contributed by atoms with Crippen molar-refractivity contribution < 1.29 is 4.79 Å². The highest BCUT2D eigenvalue weighted by atomic mass is 32.1. The fraction of sp³-hybridized carbons (Fsp3) is 0.292. The lowest BCUT2D eigenvalue weighted by Gasteiger charge is -2.17. The van der Waals surface area contributed by atoms with Crippen LogP contribution in [-0.4, -0.2) is 34.0 Å². The van der Waals surface area contributed by atoms with Gasteiger partial charge in [0.1, 0.15) is 0 Å². The molecular weight excluding hydrogens is 420 g/mol. The van der Waals surface area contributed by atoms with Crippen LogP contribution in [0.1, 0.15) is 30.3 Å². The summed E-state index contributed by atoms with van der Waals surface area (Å²) in [5.74, 6) is 0. The summed E-state index contributed by atoms with van der Waals surface area (Å²) in [5, 5.41) is 22.0. The number of amides is 2. The molecule has 0 saturated carbocycles. The first-order chi connectivity index (χ1) is 15.3. The Kier molecular flexibility index (Phi) is 5.65. The van der Waals surface area contributed by atoms with E-state index < -0.39 is 5.41 Å². The number of urea groups is 1. The summed E-state index contributed by atoms with van der Waals surface area (Å²) in [6, 6.07) is 15.5. The monoisotopic (exact) mass is 442 g/mol. The summed E-state index contributed by atoms with van der Waals surface area (Å²) < 4.78 is 0. The lowest BCUT2D eigenvalue weighted by Crippen LogP contribution is -2.34. The number of aryl methyl sites for hydroxylation is 2. The van der Waals surface area contributed by atoms with E-state index in [1.807, 2.05) is 45.0 Å². The normalized spacial score (nSPS) is 17.6. The molecule has 32 heavy (non-hydrogen) atoms. The van der Waals surface area contributed by atoms with E-state index in [2.05, 4.69) is 22.4 Å². The average Bonchev–Trinajstić information content (AvgIpc) is 3.38. The number of nitriles is 2. The zero-order valence-corrected chi connectivity index (χ0v) is 19.0. The van der Waals surface area contributed by atoms with Crippen molar-refractivity contribution in [2.24, 2.45) is 5.41 Å². The number of rotatable bonds is 3. The molecule has 1 N–H and O–H groups in total. The predicted octanol–water partition coefficient (Wildman–Crippen LogP) is 5.13. The van der Waals surface area contributed by atoms with Gasteiger partial charge in [-0.1, -0.05) is 23.5 Å². The maximum atomic E-state index is 12.8. The van der Waals surface area contributed by atoms with Crippen molar-refractivity contribution in [1.82, 2.24) is 14.9 Å². The molecule has 3 heterocycles. The molecule has 1 aliphatic heterocycles. The van der Waals surface area contributed by atoms with Crippen LogP contribution in [0.15, 0.2) is 36.4 Å². The van der Waals surface area contributed by atoms with Crippen LogP contribution in [0.3, 0.4) is 0 Å². The summed E-state index contributed by atoms with van der Waals surface area (Å²) >= 11 is 1.39. The number of aromatic nitrogens is 2. The fourth-order valence-corrected chi connectivity index (χ4v) is 4.83. The minimum absolute atomic E-state index is 0.260. The Balaban J connectivity index is 1.72. The quantitative estimate of drug-likeness (QED) is 0.605. The van der Waals surface area contributed by atoms with Crippen LogP contribution in [-0.2, 0) is 0 Å². The van der Waals surface area contributed by atoms with Gasteiger partial charge >= 0.3 is 6.03 Å². The number of hydrogen-bond donors (Lipinski definition) is 1. The van der Waals surface area contributed by atoms with E-state index in [4.69, 9.17) is 4.98 Å². The predicted molar refractivity (Wildman–Crippen MR) is 124 cm³/mol. The van der Waals surface area contributed by atoms with Crippen molar-refractivity contribution in [2.45, 2.75) is 27.2 Å². The largest absolute Gasteiger partial charge is 0.323 e. The van der Waals surface area contributed by atoms with Crippen molar-refractivity contribution in [1.29, 1.82) is 10.5 Å². The molecule has 0 aliphatic carbocycles. The number of likely N-dealkylation sites (tertiary alicyclic amines) is 1. The summed E-state index contributed by atoms with van der Waals surface area (Å²) in [5.41, 5.74) is 4.29. The minimum Gasteiger partial charge on any atom is -0.323 e. The highest BCUT2D eigenvalue weighted by Crippen LogP contribution is 2.40. The smallest absolute Gasteiger partial charge is 0.323 e. The summed E-state index contributed by atoms with van der Waals surface area (Å²) in [6.07, 6.45) is 0.655. The number of thiazole rings is 1. The van der Waals surface area contributed by atoms with Gasteiger partial charge in [0.15, 0.2) is 5.13 Å². The molecular formula is C24H22N6OS. The molecule has 0 bridgehead atoms. The van der Waals surface area contributed by atoms with Gasteiger partial charge in [-0.2, -0.15) is 10.5 Å². The SMILES string of the molecule is Cc1cc(-c2sc(NC(=O)N3CC[C@@](C)(C#N)C3)nc2-c2cccc(C#N)c2)cc(C)n1. The number of pyridine rings is 1. The number of carbonyl (C=O) groups is 1. The Hall–Kier alpha value is -3.75. The molecule has 1 fully saturated rings. The van der Waals surface area contributed by atoms with Gasteiger partial charge in [-0.15, -0.1) is 0 Å². The van der Waals surface area contributed by atoms with Crippen LogP contribution in [0.2, 0.25) is 0 Å². The van der Waals surface area contributed by atoms with Crippen molar-refractivity contribution in [2.75, 3.05) is 18.4 Å². The molecule has 8 heteroatoms. The Morgan fingerprint density at radius 1 is 1.16 bits per heavy atom. The third kappa shape index (κ3) is 4.32. The van der Waals surface area contributed by atoms with Crippen LogP contribution in [0.25, 0.3) is 21.7 Å². The molecule has 0 spiro atoms. The van der Waals surface area contributed by atoms with Gasteiger partial charge in [-0.25, -0.2) is 9.78 Å². The Labute approximate surface area is 191 Å². The average molecular weight is 443 g/mol. The van der Waals surface area contributed by atoms with Crippen LogP contribution >= 0.6 is 11.3 Å². The second kappa shape index (κ2) is 8.41. The maximum Gasteiger partial charge on any atom is 0.323 e. The van der Waals surface area contributed by atoms with E-state index >= 15 is 0 Å². The molecule has 4 rings (SSSR count). The summed E-state index contributed by atoms with van der Waals surface area (Å²) in [4.78, 5) is 24.6. The number of anilines is 1. The molecule has 1 saturated heterocycles. The van der Waals surface area contributed by atoms with Gasteiger partial charge in [0.2, 0.25) is 0 Å². The van der Waals surface area contributed by atoms with Crippen LogP contribution in [0.5, 0.6) is 0 Å². The van der Waals surface area contributed by atoms with Crippen LogP contribution < -0.4 is 5.32 Å². The van der Waals surface area contributed by atoms with Gasteiger partial charge in [0, 0.05) is 30.0 Å². The number of nitrogens with zero attached hydrogens (tertiary/aromatic N) is 5. The van der Waals surface area contributed by atoms with E-state index in [1.165, 1.54) is 11.3 Å². The second-order valence-electron chi connectivity index (χ2n) is 8.30. The number of carbonyl (C=O) groups excluding carboxylic acids is 1. The molecule has 0 radical (unpaired) electrons. The molecule has 3 aromatic rings. The van der Waals surface area contributed by atoms with E-state index in [9.17, 15) is 15.3 Å². The van der Waals surface area contributed by atoms with E-state index in [0.717, 1.165) is 27.4 Å². The highest BCUT2D eigenvalue weighted by Gasteiger charge is 2.36. The van der Waals surface area contributed by atoms with Gasteiger partial charge in [0.05, 0.1) is 33.7 Å². The number of nitrogens with one attached hydrogen (secondary N) is 1. The first-order valence-corrected chi connectivity index (χ1v) is 11.1. The minimum atomic E-state index is -0.514. The van der Waals surface area contributed by atoms with Crippen molar-refractivity contribution in [3.8, 4) is 33.8 Å². The zero-order valence-electron chi connectivity index (χ0n) is 18.1. The van der Waals surface area contributed by atoms with Crippen LogP contribution in [0.4, 0.5) is 9.93 Å². The third-order valence-electron chi connectivity index (χ3n) is 5.48. The summed E-state index contributed by atoms with van der Waals surface area (Å²) in [6.45, 7) is 6.68. The second-order valence-corrected chi connectivity index (χ2v) is 9.30. The molecule has 7 nitrogen and oxygen atoms in total. The Morgan fingerprint density at radius 3 is 2.56 bits per heavy atom. The van der Waals surface area contributed by atoms with Crippen molar-refractivity contribution in [3.63, 3.8) is 0 Å². The number of hydrogen-bond acceptors (Lipinski definition) is 6. The molecule has 0 unspecified atom stereocenters. The van der Waals surface area contributed by atoms with E-state index in [0.29, 0.717) is 35.9 Å². The summed E-state index contributed by atoms with van der Waals surface area (Å²) in [7, 11) is 0. The fourth-order valence-electron chi connectivity index (χ4n) is 3.86. The third-order valence-corrected chi connectivity index (χ3v) is 6.50. The molecule has 2 aromatic heterocycles. The van der Waals surface area contributed by atoms with Gasteiger partial charge in [-0.3, -0.25) is 10.3 Å². The zero-order chi connectivity index (χ0) is 22.9. The molecule has 160 valence electrons. The van der Waals surface area contributed by atoms with Gasteiger partial charge in [0.25, 0.3) is 0 Å². The standard InChI is InChI=1S/C24H22N6OS/c1-15-9-19(10-16(2)27-15)21-20(18-6-4-5-17(11-18)12-25)28-22(32-21)29-23(31)30-8-7-24(3,13-26)14-30/h4-6,9-11H,7-8,14H2,1-3H3,(H,28,29,31)/t24-/m0/s1. The Morgan fingerprint density at radius 2 is 1.91 bits per heavy atom. The highest BCUT2D eigenvalue weighted by molar-refractivity contribution is 7.19. The lowest BCUT2D eigenvalue weighted by molar-refractivity contribution is 0.219. The molecule has 1 aromatic carbocycles. The molecule has 1 atom stereocenters. The molecule has 1 aliphatic rings. The van der Waals surface area contributed by atoms with Crippen molar-refractivity contribution in [3.05, 3.63) is 53.3 Å². The van der Waals surface area contributed by atoms with Gasteiger partial charge in [-0.05, 0) is 57.0 Å². The van der Waals surface area contributed by atoms with Gasteiger partial charge < -0.3 is 4.90 Å². The van der Waals surface area contributed by atoms with E-state index in [-0.39, 0.29) is 6.03 Å². The van der Waals surface area contributed by atoms with Crippen LogP contribution in [0, 0.1) is 41.9 Å². The number of benzene rings is 1. The maximum absolute atomic E-state index is 12.8. The first-order valence-electron chi connectivity index (χ1n) is 10.2. The van der Waals surface area contributed by atoms with Crippen molar-refractivity contribution >= 4 is 22.5 Å². The van der Waals surface area contributed by atoms with E-state index in [1.54, 1.807) is 17.0 Å². The molecule has 2 amide bonds. The first kappa shape index (κ1) is 21.5. The topological polar surface area (TPSA) is 106 Å². The Bertz CT molecular complexity index is 1260. The lowest BCUT2D eigenvalue weighted by atomic mass is 9.92.